The number of nitrogens with one attached hydrogen (secondary N) is 1. The number of halogens is 2. The Morgan fingerprint density at radius 1 is 0.921 bits per heavy atom. The van der Waals surface area contributed by atoms with Crippen LogP contribution in [0, 0.1) is 6.92 Å². The first-order valence-electron chi connectivity index (χ1n) is 12.2. The fraction of sp³-hybridized carbons (Fsp3) is 0.286. The molecular weight excluding hydrogens is 545 g/mol. The molecule has 3 rings (SSSR count). The zero-order valence-corrected chi connectivity index (χ0v) is 23.9. The van der Waals surface area contributed by atoms with Crippen LogP contribution in [0.4, 0.5) is 5.69 Å². The van der Waals surface area contributed by atoms with E-state index >= 15 is 0 Å². The third kappa shape index (κ3) is 6.87. The summed E-state index contributed by atoms with van der Waals surface area (Å²) in [6.07, 6.45) is 0.328. The van der Waals surface area contributed by atoms with Gasteiger partial charge in [0.1, 0.15) is 12.6 Å². The van der Waals surface area contributed by atoms with Gasteiger partial charge in [0.15, 0.2) is 0 Å². The van der Waals surface area contributed by atoms with Gasteiger partial charge in [-0.15, -0.1) is 0 Å². The van der Waals surface area contributed by atoms with E-state index in [0.717, 1.165) is 4.31 Å². The van der Waals surface area contributed by atoms with Crippen LogP contribution in [0.2, 0.25) is 10.0 Å². The summed E-state index contributed by atoms with van der Waals surface area (Å²) < 4.78 is 28.7. The van der Waals surface area contributed by atoms with E-state index in [0.29, 0.717) is 39.8 Å². The number of nitrogens with zero attached hydrogens (tertiary/aromatic N) is 2. The van der Waals surface area contributed by atoms with Crippen molar-refractivity contribution in [3.05, 3.63) is 94.0 Å². The second-order valence-electron chi connectivity index (χ2n) is 8.70. The predicted octanol–water partition coefficient (Wildman–Crippen LogP) is 5.44. The molecule has 3 aromatic rings. The van der Waals surface area contributed by atoms with Crippen molar-refractivity contribution in [1.82, 2.24) is 10.2 Å². The Morgan fingerprint density at radius 2 is 1.58 bits per heavy atom. The van der Waals surface area contributed by atoms with Gasteiger partial charge in [-0.1, -0.05) is 72.6 Å². The first kappa shape index (κ1) is 29.5. The lowest BCUT2D eigenvalue weighted by atomic mass is 10.1. The summed E-state index contributed by atoms with van der Waals surface area (Å²) >= 11 is 12.3. The fourth-order valence-electron chi connectivity index (χ4n) is 4.12. The first-order chi connectivity index (χ1) is 18.1. The SMILES string of the molecule is CCNC(=O)C(CC)N(Cc1ccc(Cl)c(Cl)c1)C(=O)CN(c1ccccc1C)S(=O)(=O)c1ccccc1. The number of likely N-dealkylation sites (N-methyl/N-ethyl adjacent to an activating group) is 1. The van der Waals surface area contributed by atoms with Gasteiger partial charge >= 0.3 is 0 Å². The van der Waals surface area contributed by atoms with E-state index in [1.807, 2.05) is 0 Å². The van der Waals surface area contributed by atoms with Gasteiger partial charge in [0.2, 0.25) is 11.8 Å². The van der Waals surface area contributed by atoms with Crippen LogP contribution in [0.3, 0.4) is 0 Å². The lowest BCUT2D eigenvalue weighted by Crippen LogP contribution is -2.52. The average molecular weight is 577 g/mol. The van der Waals surface area contributed by atoms with Gasteiger partial charge < -0.3 is 10.2 Å². The average Bonchev–Trinajstić information content (AvgIpc) is 2.90. The van der Waals surface area contributed by atoms with Crippen molar-refractivity contribution in [3.63, 3.8) is 0 Å². The van der Waals surface area contributed by atoms with Gasteiger partial charge in [-0.25, -0.2) is 8.42 Å². The van der Waals surface area contributed by atoms with Gasteiger partial charge in [-0.2, -0.15) is 0 Å². The highest BCUT2D eigenvalue weighted by molar-refractivity contribution is 7.92. The number of anilines is 1. The smallest absolute Gasteiger partial charge is 0.264 e. The maximum Gasteiger partial charge on any atom is 0.264 e. The van der Waals surface area contributed by atoms with E-state index in [1.165, 1.54) is 17.0 Å². The number of aryl methyl sites for hydroxylation is 1. The summed E-state index contributed by atoms with van der Waals surface area (Å²) in [4.78, 5) is 28.4. The molecule has 3 aromatic carbocycles. The number of rotatable bonds is 11. The Labute approximate surface area is 234 Å². The molecule has 7 nitrogen and oxygen atoms in total. The lowest BCUT2D eigenvalue weighted by molar-refractivity contribution is -0.140. The summed E-state index contributed by atoms with van der Waals surface area (Å²) in [5.41, 5.74) is 1.72. The molecule has 0 radical (unpaired) electrons. The molecule has 0 heterocycles. The molecular formula is C28H31Cl2N3O4S. The molecule has 0 saturated carbocycles. The van der Waals surface area contributed by atoms with Crippen molar-refractivity contribution in [3.8, 4) is 0 Å². The zero-order valence-electron chi connectivity index (χ0n) is 21.5. The molecule has 0 fully saturated rings. The van der Waals surface area contributed by atoms with Gasteiger partial charge in [-0.05, 0) is 61.7 Å². The van der Waals surface area contributed by atoms with E-state index < -0.39 is 28.5 Å². The van der Waals surface area contributed by atoms with Crippen LogP contribution in [0.15, 0.2) is 77.7 Å². The number of amides is 2. The van der Waals surface area contributed by atoms with Gasteiger partial charge in [0.05, 0.1) is 20.6 Å². The number of sulfonamides is 1. The van der Waals surface area contributed by atoms with Crippen molar-refractivity contribution < 1.29 is 18.0 Å². The van der Waals surface area contributed by atoms with Crippen LogP contribution in [-0.4, -0.2) is 44.3 Å². The lowest BCUT2D eigenvalue weighted by Gasteiger charge is -2.33. The van der Waals surface area contributed by atoms with Crippen molar-refractivity contribution in [1.29, 1.82) is 0 Å². The van der Waals surface area contributed by atoms with Crippen LogP contribution in [0.25, 0.3) is 0 Å². The minimum Gasteiger partial charge on any atom is -0.355 e. The highest BCUT2D eigenvalue weighted by atomic mass is 35.5. The second kappa shape index (κ2) is 13.1. The van der Waals surface area contributed by atoms with Crippen molar-refractivity contribution in [2.75, 3.05) is 17.4 Å². The summed E-state index contributed by atoms with van der Waals surface area (Å²) in [6.45, 7) is 5.31. The van der Waals surface area contributed by atoms with Crippen LogP contribution >= 0.6 is 23.2 Å². The molecule has 1 N–H and O–H groups in total. The Morgan fingerprint density at radius 3 is 2.18 bits per heavy atom. The molecule has 202 valence electrons. The predicted molar refractivity (Wildman–Crippen MR) is 152 cm³/mol. The number of hydrogen-bond donors (Lipinski definition) is 1. The third-order valence-corrected chi connectivity index (χ3v) is 8.58. The number of carbonyl (C=O) groups excluding carboxylic acids is 2. The van der Waals surface area contributed by atoms with E-state index in [2.05, 4.69) is 5.32 Å². The van der Waals surface area contributed by atoms with Gasteiger partial charge in [0.25, 0.3) is 10.0 Å². The fourth-order valence-corrected chi connectivity index (χ4v) is 5.94. The molecule has 0 bridgehead atoms. The number of hydrogen-bond acceptors (Lipinski definition) is 4. The molecule has 0 saturated heterocycles. The maximum absolute atomic E-state index is 14.0. The minimum absolute atomic E-state index is 0.0400. The standard InChI is InChI=1S/C28H31Cl2N3O4S/c1-4-25(28(35)31-5-2)32(18-21-15-16-23(29)24(30)17-21)27(34)19-33(26-14-10-9-11-20(26)3)38(36,37)22-12-7-6-8-13-22/h6-17,25H,4-5,18-19H2,1-3H3,(H,31,35). The molecule has 0 spiro atoms. The quantitative estimate of drug-likeness (QED) is 0.330. The van der Waals surface area contributed by atoms with Gasteiger partial charge in [-0.3, -0.25) is 13.9 Å². The van der Waals surface area contributed by atoms with Crippen LogP contribution < -0.4 is 9.62 Å². The van der Waals surface area contributed by atoms with E-state index in [9.17, 15) is 18.0 Å². The molecule has 0 aliphatic carbocycles. The van der Waals surface area contributed by atoms with E-state index in [-0.39, 0.29) is 17.3 Å². The third-order valence-electron chi connectivity index (χ3n) is 6.07. The second-order valence-corrected chi connectivity index (χ2v) is 11.4. The molecule has 1 atom stereocenters. The molecule has 2 amide bonds. The first-order valence-corrected chi connectivity index (χ1v) is 14.4. The highest BCUT2D eigenvalue weighted by Gasteiger charge is 2.34. The monoisotopic (exact) mass is 575 g/mol. The minimum atomic E-state index is -4.11. The summed E-state index contributed by atoms with van der Waals surface area (Å²) in [5.74, 6) is -0.853. The molecule has 10 heteroatoms. The van der Waals surface area contributed by atoms with Crippen LogP contribution in [0.1, 0.15) is 31.4 Å². The Hall–Kier alpha value is -3.07. The normalized spacial score (nSPS) is 12.0. The molecule has 0 aliphatic rings. The number of benzene rings is 3. The van der Waals surface area contributed by atoms with E-state index in [4.69, 9.17) is 23.2 Å². The number of para-hydroxylation sites is 1. The Kier molecular flexibility index (Phi) is 10.2. The molecule has 1 unspecified atom stereocenters. The van der Waals surface area contributed by atoms with Crippen LogP contribution in [-0.2, 0) is 26.2 Å². The Balaban J connectivity index is 2.07. The summed E-state index contributed by atoms with van der Waals surface area (Å²) in [5, 5.41) is 3.46. The Bertz CT molecular complexity index is 1380. The van der Waals surface area contributed by atoms with Gasteiger partial charge in [0, 0.05) is 13.1 Å². The zero-order chi connectivity index (χ0) is 27.9. The summed E-state index contributed by atoms with van der Waals surface area (Å²) in [7, 11) is -4.11. The molecule has 38 heavy (non-hydrogen) atoms. The van der Waals surface area contributed by atoms with Crippen molar-refractivity contribution in [2.45, 2.75) is 44.7 Å². The highest BCUT2D eigenvalue weighted by Crippen LogP contribution is 2.28. The van der Waals surface area contributed by atoms with Crippen molar-refractivity contribution in [2.24, 2.45) is 0 Å². The van der Waals surface area contributed by atoms with Crippen LogP contribution in [0.5, 0.6) is 0 Å². The van der Waals surface area contributed by atoms with E-state index in [1.54, 1.807) is 81.4 Å². The summed E-state index contributed by atoms with van der Waals surface area (Å²) in [6, 6.07) is 19.1. The number of carbonyl (C=O) groups is 2. The largest absolute Gasteiger partial charge is 0.355 e. The van der Waals surface area contributed by atoms with Crippen molar-refractivity contribution >= 4 is 50.7 Å². The maximum atomic E-state index is 14.0. The molecule has 0 aliphatic heterocycles. The topological polar surface area (TPSA) is 86.8 Å². The molecule has 0 aromatic heterocycles.